The molecule has 2 rings (SSSR count). The van der Waals surface area contributed by atoms with E-state index in [4.69, 9.17) is 5.73 Å². The van der Waals surface area contributed by atoms with E-state index in [1.807, 2.05) is 12.1 Å². The molecule has 16 heavy (non-hydrogen) atoms. The van der Waals surface area contributed by atoms with Crippen LogP contribution in [0.15, 0.2) is 23.3 Å². The van der Waals surface area contributed by atoms with Crippen molar-refractivity contribution < 1.29 is 0 Å². The van der Waals surface area contributed by atoms with Crippen LogP contribution in [0.1, 0.15) is 17.5 Å². The molecule has 0 radical (unpaired) electrons. The number of aryl methyl sites for hydroxylation is 1. The predicted octanol–water partition coefficient (Wildman–Crippen LogP) is 1.21. The van der Waals surface area contributed by atoms with Gasteiger partial charge in [0.05, 0.1) is 6.21 Å². The first kappa shape index (κ1) is 10.9. The first-order valence-corrected chi connectivity index (χ1v) is 5.62. The molecule has 0 saturated heterocycles. The third-order valence-corrected chi connectivity index (χ3v) is 2.58. The maximum absolute atomic E-state index is 5.29. The van der Waals surface area contributed by atoms with Gasteiger partial charge in [-0.3, -0.25) is 5.43 Å². The van der Waals surface area contributed by atoms with Gasteiger partial charge in [-0.1, -0.05) is 18.2 Å². The van der Waals surface area contributed by atoms with Crippen molar-refractivity contribution in [3.63, 3.8) is 0 Å². The molecule has 84 valence electrons. The van der Waals surface area contributed by atoms with Crippen molar-refractivity contribution in [1.82, 2.24) is 5.43 Å². The lowest BCUT2D eigenvalue weighted by Crippen LogP contribution is -2.24. The van der Waals surface area contributed by atoms with Crippen molar-refractivity contribution in [1.29, 1.82) is 0 Å². The number of hydrogen-bond acceptors (Lipinski definition) is 3. The van der Waals surface area contributed by atoms with Crippen LogP contribution in [0.5, 0.6) is 0 Å². The number of nitrogens with two attached hydrogens (primary N) is 1. The summed E-state index contributed by atoms with van der Waals surface area (Å²) in [6.45, 7) is 1.01. The van der Waals surface area contributed by atoms with Gasteiger partial charge in [0.2, 0.25) is 0 Å². The number of fused-ring (bicyclic) bond motifs is 1. The Bertz CT molecular complexity index is 428. The van der Waals surface area contributed by atoms with E-state index in [-0.39, 0.29) is 5.11 Å². The van der Waals surface area contributed by atoms with Crippen molar-refractivity contribution in [2.75, 3.05) is 11.9 Å². The Balaban J connectivity index is 2.20. The van der Waals surface area contributed by atoms with E-state index in [9.17, 15) is 0 Å². The monoisotopic (exact) mass is 234 g/mol. The number of anilines is 1. The highest BCUT2D eigenvalue weighted by atomic mass is 32.1. The molecule has 0 fully saturated rings. The second-order valence-electron chi connectivity index (χ2n) is 3.65. The van der Waals surface area contributed by atoms with E-state index in [0.29, 0.717) is 0 Å². The Labute approximate surface area is 99.9 Å². The minimum absolute atomic E-state index is 0.175. The SMILES string of the molecule is NC(=S)NN=Cc1cccc2c1NCCC2. The lowest BCUT2D eigenvalue weighted by molar-refractivity contribution is 0.830. The maximum Gasteiger partial charge on any atom is 0.184 e. The summed E-state index contributed by atoms with van der Waals surface area (Å²) in [6, 6.07) is 6.19. The molecular weight excluding hydrogens is 220 g/mol. The lowest BCUT2D eigenvalue weighted by atomic mass is 10.00. The van der Waals surface area contributed by atoms with E-state index in [1.165, 1.54) is 17.7 Å². The third kappa shape index (κ3) is 2.49. The molecule has 5 heteroatoms. The number of nitrogens with zero attached hydrogens (tertiary/aromatic N) is 1. The third-order valence-electron chi connectivity index (χ3n) is 2.49. The zero-order valence-corrected chi connectivity index (χ0v) is 9.68. The summed E-state index contributed by atoms with van der Waals surface area (Å²) in [7, 11) is 0. The molecule has 1 heterocycles. The van der Waals surface area contributed by atoms with Crippen molar-refractivity contribution in [2.24, 2.45) is 10.8 Å². The number of benzene rings is 1. The smallest absolute Gasteiger partial charge is 0.184 e. The lowest BCUT2D eigenvalue weighted by Gasteiger charge is -2.19. The van der Waals surface area contributed by atoms with E-state index in [1.54, 1.807) is 6.21 Å². The van der Waals surface area contributed by atoms with Gasteiger partial charge < -0.3 is 11.1 Å². The number of hydrazone groups is 1. The largest absolute Gasteiger partial charge is 0.384 e. The minimum Gasteiger partial charge on any atom is -0.384 e. The van der Waals surface area contributed by atoms with Gasteiger partial charge >= 0.3 is 0 Å². The van der Waals surface area contributed by atoms with Crippen LogP contribution in [0, 0.1) is 0 Å². The Hall–Kier alpha value is -1.62. The topological polar surface area (TPSA) is 62.4 Å². The summed E-state index contributed by atoms with van der Waals surface area (Å²) in [5.41, 5.74) is 11.4. The van der Waals surface area contributed by atoms with E-state index in [0.717, 1.165) is 18.5 Å². The molecule has 1 aliphatic heterocycles. The van der Waals surface area contributed by atoms with Crippen molar-refractivity contribution in [3.8, 4) is 0 Å². The highest BCUT2D eigenvalue weighted by Gasteiger charge is 2.10. The van der Waals surface area contributed by atoms with Gasteiger partial charge in [0.1, 0.15) is 0 Å². The normalized spacial score (nSPS) is 14.2. The zero-order valence-electron chi connectivity index (χ0n) is 8.86. The molecule has 4 N–H and O–H groups in total. The van der Waals surface area contributed by atoms with Gasteiger partial charge in [-0.2, -0.15) is 5.10 Å². The molecule has 0 aromatic heterocycles. The molecular formula is C11H14N4S. The van der Waals surface area contributed by atoms with Crippen LogP contribution in [-0.4, -0.2) is 17.9 Å². The summed E-state index contributed by atoms with van der Waals surface area (Å²) in [5.74, 6) is 0. The van der Waals surface area contributed by atoms with E-state index >= 15 is 0 Å². The second kappa shape index (κ2) is 4.94. The molecule has 0 unspecified atom stereocenters. The van der Waals surface area contributed by atoms with Gasteiger partial charge in [0, 0.05) is 17.8 Å². The van der Waals surface area contributed by atoms with Gasteiger partial charge in [-0.05, 0) is 30.6 Å². The summed E-state index contributed by atoms with van der Waals surface area (Å²) in [5, 5.41) is 7.53. The van der Waals surface area contributed by atoms with Crippen molar-refractivity contribution in [2.45, 2.75) is 12.8 Å². The molecule has 0 atom stereocenters. The highest BCUT2D eigenvalue weighted by Crippen LogP contribution is 2.24. The van der Waals surface area contributed by atoms with Crippen LogP contribution in [0.2, 0.25) is 0 Å². The Kier molecular flexibility index (Phi) is 3.36. The number of para-hydroxylation sites is 1. The molecule has 0 saturated carbocycles. The summed E-state index contributed by atoms with van der Waals surface area (Å²) < 4.78 is 0. The first-order chi connectivity index (χ1) is 7.77. The Morgan fingerprint density at radius 2 is 2.44 bits per heavy atom. The maximum atomic E-state index is 5.29. The Morgan fingerprint density at radius 3 is 3.25 bits per heavy atom. The predicted molar refractivity (Wildman–Crippen MR) is 70.8 cm³/mol. The molecule has 1 aromatic carbocycles. The molecule has 0 bridgehead atoms. The van der Waals surface area contributed by atoms with Gasteiger partial charge in [-0.25, -0.2) is 0 Å². The van der Waals surface area contributed by atoms with Crippen LogP contribution in [0.4, 0.5) is 5.69 Å². The molecule has 0 aliphatic carbocycles. The summed E-state index contributed by atoms with van der Waals surface area (Å²) in [6.07, 6.45) is 4.03. The fraction of sp³-hybridized carbons (Fsp3) is 0.273. The van der Waals surface area contributed by atoms with Crippen LogP contribution < -0.4 is 16.5 Å². The fourth-order valence-electron chi connectivity index (χ4n) is 1.81. The van der Waals surface area contributed by atoms with Crippen LogP contribution in [-0.2, 0) is 6.42 Å². The number of thiocarbonyl (C=S) groups is 1. The first-order valence-electron chi connectivity index (χ1n) is 5.21. The molecule has 1 aliphatic rings. The number of nitrogens with one attached hydrogen (secondary N) is 2. The molecule has 0 amide bonds. The molecule has 4 nitrogen and oxygen atoms in total. The quantitative estimate of drug-likeness (QED) is 0.409. The summed E-state index contributed by atoms with van der Waals surface area (Å²) in [4.78, 5) is 0. The number of rotatable bonds is 2. The average molecular weight is 234 g/mol. The summed E-state index contributed by atoms with van der Waals surface area (Å²) >= 11 is 4.67. The van der Waals surface area contributed by atoms with E-state index in [2.05, 4.69) is 34.1 Å². The minimum atomic E-state index is 0.175. The highest BCUT2D eigenvalue weighted by molar-refractivity contribution is 7.80. The number of hydrogen-bond donors (Lipinski definition) is 3. The molecule has 1 aromatic rings. The standard InChI is InChI=1S/C11H14N4S/c12-11(16)15-14-7-9-4-1-3-8-5-2-6-13-10(8)9/h1,3-4,7,13H,2,5-6H2,(H3,12,15,16). The van der Waals surface area contributed by atoms with Gasteiger partial charge in [0.15, 0.2) is 5.11 Å². The van der Waals surface area contributed by atoms with Gasteiger partial charge in [0.25, 0.3) is 0 Å². The second-order valence-corrected chi connectivity index (χ2v) is 4.09. The van der Waals surface area contributed by atoms with Crippen LogP contribution in [0.3, 0.4) is 0 Å². The fourth-order valence-corrected chi connectivity index (χ4v) is 1.86. The van der Waals surface area contributed by atoms with Crippen molar-refractivity contribution in [3.05, 3.63) is 29.3 Å². The van der Waals surface area contributed by atoms with Gasteiger partial charge in [-0.15, -0.1) is 0 Å². The van der Waals surface area contributed by atoms with Crippen molar-refractivity contribution >= 4 is 29.2 Å². The van der Waals surface area contributed by atoms with E-state index < -0.39 is 0 Å². The zero-order chi connectivity index (χ0) is 11.4. The van der Waals surface area contributed by atoms with Crippen LogP contribution in [0.25, 0.3) is 0 Å². The Morgan fingerprint density at radius 1 is 1.56 bits per heavy atom. The molecule has 0 spiro atoms. The average Bonchev–Trinajstić information content (AvgIpc) is 2.29. The van der Waals surface area contributed by atoms with Crippen LogP contribution >= 0.6 is 12.2 Å².